The normalized spacial score (nSPS) is 14.3. The molecule has 0 aliphatic heterocycles. The van der Waals surface area contributed by atoms with Crippen LogP contribution in [0.1, 0.15) is 74.9 Å². The highest BCUT2D eigenvalue weighted by atomic mass is 16.3. The number of benzene rings is 4. The molecule has 0 heterocycles. The van der Waals surface area contributed by atoms with E-state index in [1.807, 2.05) is 77.9 Å². The Labute approximate surface area is 218 Å². The van der Waals surface area contributed by atoms with Gasteiger partial charge in [-0.25, -0.2) is 0 Å². The van der Waals surface area contributed by atoms with Crippen molar-refractivity contribution in [3.05, 3.63) is 106 Å². The van der Waals surface area contributed by atoms with E-state index in [4.69, 9.17) is 0 Å². The predicted octanol–water partition coefficient (Wildman–Crippen LogP) is 7.47. The van der Waals surface area contributed by atoms with Crippen molar-refractivity contribution in [2.75, 3.05) is 0 Å². The molecule has 37 heavy (non-hydrogen) atoms. The largest absolute Gasteiger partial charge is 0.504 e. The quantitative estimate of drug-likeness (QED) is 0.192. The maximum absolute atomic E-state index is 11.0. The zero-order valence-corrected chi connectivity index (χ0v) is 22.2. The van der Waals surface area contributed by atoms with Crippen LogP contribution < -0.4 is 0 Å². The van der Waals surface area contributed by atoms with Crippen LogP contribution in [0.3, 0.4) is 0 Å². The molecular formula is C33H34O4. The van der Waals surface area contributed by atoms with E-state index in [-0.39, 0.29) is 23.0 Å². The maximum atomic E-state index is 11.0. The van der Waals surface area contributed by atoms with E-state index in [1.54, 1.807) is 12.1 Å². The zero-order chi connectivity index (χ0) is 26.9. The van der Waals surface area contributed by atoms with Crippen molar-refractivity contribution < 1.29 is 20.4 Å². The number of aromatic hydroxyl groups is 4. The third-order valence-corrected chi connectivity index (χ3v) is 7.61. The Kier molecular flexibility index (Phi) is 5.38. The molecule has 0 spiro atoms. The number of phenols is 4. The van der Waals surface area contributed by atoms with E-state index in [2.05, 4.69) is 24.3 Å². The summed E-state index contributed by atoms with van der Waals surface area (Å²) in [5.74, 6) is -0.643. The van der Waals surface area contributed by atoms with Crippen LogP contribution in [0.4, 0.5) is 0 Å². The minimum atomic E-state index is -0.913. The van der Waals surface area contributed by atoms with E-state index in [0.717, 1.165) is 33.4 Å². The van der Waals surface area contributed by atoms with Gasteiger partial charge in [-0.15, -0.1) is 0 Å². The van der Waals surface area contributed by atoms with E-state index in [9.17, 15) is 20.4 Å². The van der Waals surface area contributed by atoms with Crippen LogP contribution >= 0.6 is 0 Å². The molecular weight excluding hydrogens is 460 g/mol. The number of hydrogen-bond donors (Lipinski definition) is 4. The van der Waals surface area contributed by atoms with Crippen molar-refractivity contribution in [2.45, 2.75) is 57.8 Å². The second-order valence-electron chi connectivity index (χ2n) is 12.1. The van der Waals surface area contributed by atoms with E-state index < -0.39 is 16.2 Å². The van der Waals surface area contributed by atoms with E-state index >= 15 is 0 Å². The molecule has 1 aliphatic carbocycles. The molecule has 1 aliphatic rings. The molecule has 4 aromatic rings. The van der Waals surface area contributed by atoms with Gasteiger partial charge in [0.05, 0.1) is 5.41 Å². The fraction of sp³-hybridized carbons (Fsp3) is 0.273. The Morgan fingerprint density at radius 1 is 0.514 bits per heavy atom. The van der Waals surface area contributed by atoms with Crippen LogP contribution in [0, 0.1) is 0 Å². The summed E-state index contributed by atoms with van der Waals surface area (Å²) in [4.78, 5) is 0. The highest BCUT2D eigenvalue weighted by Gasteiger charge is 2.47. The van der Waals surface area contributed by atoms with Crippen LogP contribution in [0.25, 0.3) is 11.1 Å². The summed E-state index contributed by atoms with van der Waals surface area (Å²) in [6.45, 7) is 12.0. The van der Waals surface area contributed by atoms with Gasteiger partial charge >= 0.3 is 0 Å². The maximum Gasteiger partial charge on any atom is 0.161 e. The minimum Gasteiger partial charge on any atom is -0.504 e. The van der Waals surface area contributed by atoms with Gasteiger partial charge in [-0.2, -0.15) is 0 Å². The zero-order valence-electron chi connectivity index (χ0n) is 22.2. The fourth-order valence-electron chi connectivity index (χ4n) is 5.84. The van der Waals surface area contributed by atoms with Gasteiger partial charge in [-0.3, -0.25) is 0 Å². The standard InChI is InChI=1S/C33H34O4/c1-31(2,3)25-15-19(17-27(34)29(25)36)33(20-16-26(32(4,5)6)30(37)28(35)18-20)23-13-9-7-11-21(23)22-12-8-10-14-24(22)33/h7-18,34-37H,1-6H3. The lowest BCUT2D eigenvalue weighted by Gasteiger charge is -2.36. The molecule has 0 saturated carbocycles. The van der Waals surface area contributed by atoms with E-state index in [1.165, 1.54) is 0 Å². The van der Waals surface area contributed by atoms with Gasteiger partial charge in [0.15, 0.2) is 23.0 Å². The Balaban J connectivity index is 2.01. The SMILES string of the molecule is CC(C)(C)c1cc(C2(c3cc(O)c(O)c(C(C)(C)C)c3)c3ccccc3-c3ccccc32)cc(O)c1O. The molecule has 0 unspecified atom stereocenters. The lowest BCUT2D eigenvalue weighted by Crippen LogP contribution is -2.30. The van der Waals surface area contributed by atoms with Gasteiger partial charge < -0.3 is 20.4 Å². The molecule has 0 atom stereocenters. The summed E-state index contributed by atoms with van der Waals surface area (Å²) in [7, 11) is 0. The monoisotopic (exact) mass is 494 g/mol. The third-order valence-electron chi connectivity index (χ3n) is 7.61. The lowest BCUT2D eigenvalue weighted by molar-refractivity contribution is 0.386. The molecule has 4 heteroatoms. The molecule has 0 bridgehead atoms. The van der Waals surface area contributed by atoms with Gasteiger partial charge in [0.1, 0.15) is 0 Å². The highest BCUT2D eigenvalue weighted by Crippen LogP contribution is 2.58. The summed E-state index contributed by atoms with van der Waals surface area (Å²) in [6.07, 6.45) is 0. The molecule has 5 rings (SSSR count). The number of phenolic OH excluding ortho intramolecular Hbond substituents is 4. The van der Waals surface area contributed by atoms with Crippen molar-refractivity contribution in [1.29, 1.82) is 0 Å². The van der Waals surface area contributed by atoms with Gasteiger partial charge in [0.25, 0.3) is 0 Å². The van der Waals surface area contributed by atoms with Crippen LogP contribution in [0.5, 0.6) is 23.0 Å². The molecule has 4 aromatic carbocycles. The van der Waals surface area contributed by atoms with Crippen molar-refractivity contribution >= 4 is 0 Å². The number of hydrogen-bond acceptors (Lipinski definition) is 4. The van der Waals surface area contributed by atoms with Crippen LogP contribution in [-0.2, 0) is 16.2 Å². The summed E-state index contributed by atoms with van der Waals surface area (Å²) in [6, 6.07) is 23.5. The first kappa shape index (κ1) is 24.8. The molecule has 4 nitrogen and oxygen atoms in total. The van der Waals surface area contributed by atoms with Crippen molar-refractivity contribution in [3.8, 4) is 34.1 Å². The molecule has 0 aromatic heterocycles. The lowest BCUT2D eigenvalue weighted by atomic mass is 9.65. The molecule has 190 valence electrons. The molecule has 0 amide bonds. The minimum absolute atomic E-state index is 0.130. The van der Waals surface area contributed by atoms with Gasteiger partial charge in [-0.05, 0) is 68.5 Å². The first-order valence-corrected chi connectivity index (χ1v) is 12.6. The van der Waals surface area contributed by atoms with Gasteiger partial charge in [-0.1, -0.05) is 90.1 Å². The molecule has 4 N–H and O–H groups in total. The Hall–Kier alpha value is -3.92. The molecule has 0 saturated heterocycles. The average Bonchev–Trinajstić information content (AvgIpc) is 3.12. The molecule has 0 radical (unpaired) electrons. The topological polar surface area (TPSA) is 80.9 Å². The van der Waals surface area contributed by atoms with Crippen molar-refractivity contribution in [2.24, 2.45) is 0 Å². The average molecular weight is 495 g/mol. The summed E-state index contributed by atoms with van der Waals surface area (Å²) >= 11 is 0. The predicted molar refractivity (Wildman–Crippen MR) is 148 cm³/mol. The Morgan fingerprint density at radius 2 is 0.865 bits per heavy atom. The number of fused-ring (bicyclic) bond motifs is 3. The van der Waals surface area contributed by atoms with Gasteiger partial charge in [0.2, 0.25) is 0 Å². The first-order valence-electron chi connectivity index (χ1n) is 12.6. The second kappa shape index (κ2) is 8.04. The van der Waals surface area contributed by atoms with Crippen LogP contribution in [0.2, 0.25) is 0 Å². The third kappa shape index (κ3) is 3.58. The number of rotatable bonds is 2. The Bertz CT molecular complexity index is 1420. The van der Waals surface area contributed by atoms with Crippen molar-refractivity contribution in [3.63, 3.8) is 0 Å². The summed E-state index contributed by atoms with van der Waals surface area (Å²) in [5.41, 5.74) is 5.14. The Morgan fingerprint density at radius 3 is 1.22 bits per heavy atom. The smallest absolute Gasteiger partial charge is 0.161 e. The first-order chi connectivity index (χ1) is 17.3. The van der Waals surface area contributed by atoms with Gasteiger partial charge in [0, 0.05) is 11.1 Å². The van der Waals surface area contributed by atoms with Crippen LogP contribution in [0.15, 0.2) is 72.8 Å². The molecule has 0 fully saturated rings. The summed E-state index contributed by atoms with van der Waals surface area (Å²) < 4.78 is 0. The van der Waals surface area contributed by atoms with Crippen LogP contribution in [-0.4, -0.2) is 20.4 Å². The van der Waals surface area contributed by atoms with E-state index in [0.29, 0.717) is 11.1 Å². The summed E-state index contributed by atoms with van der Waals surface area (Å²) in [5, 5.41) is 43.7. The van der Waals surface area contributed by atoms with Crippen molar-refractivity contribution in [1.82, 2.24) is 0 Å². The second-order valence-corrected chi connectivity index (χ2v) is 12.1. The fourth-order valence-corrected chi connectivity index (χ4v) is 5.84. The highest BCUT2D eigenvalue weighted by molar-refractivity contribution is 5.87.